The molecule has 0 atom stereocenters. The van der Waals surface area contributed by atoms with Gasteiger partial charge in [-0.05, 0) is 26.0 Å². The summed E-state index contributed by atoms with van der Waals surface area (Å²) in [7, 11) is -3.60. The third-order valence-corrected chi connectivity index (χ3v) is 5.28. The Hall–Kier alpha value is -0.620. The maximum atomic E-state index is 12.4. The molecule has 0 amide bonds. The predicted molar refractivity (Wildman–Crippen MR) is 65.4 cm³/mol. The summed E-state index contributed by atoms with van der Waals surface area (Å²) >= 11 is 5.93. The van der Waals surface area contributed by atoms with Gasteiger partial charge in [-0.3, -0.25) is 0 Å². The van der Waals surface area contributed by atoms with Crippen LogP contribution in [0.4, 0.5) is 0 Å². The van der Waals surface area contributed by atoms with Gasteiger partial charge in [-0.2, -0.15) is 4.31 Å². The van der Waals surface area contributed by atoms with Crippen LogP contribution in [0.15, 0.2) is 29.2 Å². The van der Waals surface area contributed by atoms with Crippen molar-refractivity contribution >= 4 is 21.6 Å². The molecule has 1 saturated heterocycles. The van der Waals surface area contributed by atoms with Gasteiger partial charge in [-0.25, -0.2) is 8.42 Å². The average molecular weight is 276 g/mol. The van der Waals surface area contributed by atoms with E-state index < -0.39 is 15.6 Å². The van der Waals surface area contributed by atoms with Crippen LogP contribution in [-0.2, 0) is 14.8 Å². The second-order valence-corrected chi connectivity index (χ2v) is 6.81. The third-order valence-electron chi connectivity index (χ3n) is 2.74. The maximum Gasteiger partial charge on any atom is 0.247 e. The molecule has 0 bridgehead atoms. The zero-order chi connectivity index (χ0) is 12.7. The van der Waals surface area contributed by atoms with Crippen LogP contribution in [0.1, 0.15) is 13.8 Å². The fourth-order valence-electron chi connectivity index (χ4n) is 1.79. The summed E-state index contributed by atoms with van der Waals surface area (Å²) in [5.41, 5.74) is -0.544. The lowest BCUT2D eigenvalue weighted by Crippen LogP contribution is -2.44. The first-order valence-corrected chi connectivity index (χ1v) is 7.03. The van der Waals surface area contributed by atoms with E-state index in [0.29, 0.717) is 6.61 Å². The van der Waals surface area contributed by atoms with E-state index in [1.54, 1.807) is 18.2 Å². The quantitative estimate of drug-likeness (QED) is 0.830. The van der Waals surface area contributed by atoms with E-state index in [2.05, 4.69) is 0 Å². The van der Waals surface area contributed by atoms with Crippen LogP contribution < -0.4 is 0 Å². The van der Waals surface area contributed by atoms with Crippen LogP contribution in [-0.4, -0.2) is 31.6 Å². The Balaban J connectivity index is 2.48. The van der Waals surface area contributed by atoms with Crippen molar-refractivity contribution in [1.29, 1.82) is 0 Å². The van der Waals surface area contributed by atoms with Crippen molar-refractivity contribution in [2.24, 2.45) is 0 Å². The smallest absolute Gasteiger partial charge is 0.247 e. The molecule has 1 aliphatic heterocycles. The fourth-order valence-corrected chi connectivity index (χ4v) is 3.94. The minimum Gasteiger partial charge on any atom is -0.363 e. The molecule has 1 fully saturated rings. The zero-order valence-electron chi connectivity index (χ0n) is 9.68. The van der Waals surface area contributed by atoms with E-state index in [-0.39, 0.29) is 16.6 Å². The summed E-state index contributed by atoms with van der Waals surface area (Å²) in [6, 6.07) is 6.43. The topological polar surface area (TPSA) is 46.6 Å². The second-order valence-electron chi connectivity index (χ2n) is 4.57. The Morgan fingerprint density at radius 1 is 1.35 bits per heavy atom. The van der Waals surface area contributed by atoms with Gasteiger partial charge in [0.15, 0.2) is 0 Å². The number of nitrogens with zero attached hydrogens (tertiary/aromatic N) is 1. The van der Waals surface area contributed by atoms with Crippen molar-refractivity contribution in [3.8, 4) is 0 Å². The molecule has 6 heteroatoms. The van der Waals surface area contributed by atoms with Crippen molar-refractivity contribution in [3.05, 3.63) is 29.3 Å². The number of benzene rings is 1. The van der Waals surface area contributed by atoms with Crippen molar-refractivity contribution in [2.75, 3.05) is 13.3 Å². The van der Waals surface area contributed by atoms with Crippen LogP contribution in [0, 0.1) is 0 Å². The first-order valence-electron chi connectivity index (χ1n) is 5.21. The Morgan fingerprint density at radius 3 is 2.53 bits per heavy atom. The number of hydrogen-bond acceptors (Lipinski definition) is 3. The van der Waals surface area contributed by atoms with Gasteiger partial charge >= 0.3 is 0 Å². The second kappa shape index (κ2) is 4.24. The SMILES string of the molecule is CC1(C)COCN1S(=O)(=O)c1ccccc1Cl. The highest BCUT2D eigenvalue weighted by molar-refractivity contribution is 7.89. The minimum absolute atomic E-state index is 0.0700. The molecule has 1 aromatic rings. The van der Waals surface area contributed by atoms with Gasteiger partial charge in [0, 0.05) is 0 Å². The van der Waals surface area contributed by atoms with Crippen molar-refractivity contribution in [1.82, 2.24) is 4.31 Å². The molecule has 0 radical (unpaired) electrons. The third kappa shape index (κ3) is 2.20. The highest BCUT2D eigenvalue weighted by Crippen LogP contribution is 2.32. The molecule has 0 unspecified atom stereocenters. The molecule has 94 valence electrons. The monoisotopic (exact) mass is 275 g/mol. The number of hydrogen-bond donors (Lipinski definition) is 0. The van der Waals surface area contributed by atoms with Crippen LogP contribution in [0.5, 0.6) is 0 Å². The molecule has 1 aliphatic rings. The van der Waals surface area contributed by atoms with Gasteiger partial charge in [0.2, 0.25) is 10.0 Å². The van der Waals surface area contributed by atoms with Crippen LogP contribution in [0.25, 0.3) is 0 Å². The molecule has 4 nitrogen and oxygen atoms in total. The number of rotatable bonds is 2. The van der Waals surface area contributed by atoms with Gasteiger partial charge in [-0.1, -0.05) is 23.7 Å². The molecular formula is C11H14ClNO3S. The molecular weight excluding hydrogens is 262 g/mol. The molecule has 17 heavy (non-hydrogen) atoms. The normalized spacial score (nSPS) is 20.6. The fraction of sp³-hybridized carbons (Fsp3) is 0.455. The van der Waals surface area contributed by atoms with Gasteiger partial charge in [-0.15, -0.1) is 0 Å². The van der Waals surface area contributed by atoms with Crippen LogP contribution >= 0.6 is 11.6 Å². The maximum absolute atomic E-state index is 12.4. The standard InChI is InChI=1S/C11H14ClNO3S/c1-11(2)7-16-8-13(11)17(14,15)10-6-4-3-5-9(10)12/h3-6H,7-8H2,1-2H3. The first kappa shape index (κ1) is 12.8. The summed E-state index contributed by atoms with van der Waals surface area (Å²) in [6.07, 6.45) is 0. The number of halogens is 1. The Morgan fingerprint density at radius 2 is 2.00 bits per heavy atom. The molecule has 0 aromatic heterocycles. The molecule has 0 spiro atoms. The lowest BCUT2D eigenvalue weighted by molar-refractivity contribution is 0.171. The Labute approximate surface area is 106 Å². The van der Waals surface area contributed by atoms with E-state index in [1.807, 2.05) is 13.8 Å². The van der Waals surface area contributed by atoms with E-state index in [0.717, 1.165) is 0 Å². The van der Waals surface area contributed by atoms with E-state index >= 15 is 0 Å². The highest BCUT2D eigenvalue weighted by Gasteiger charge is 2.42. The summed E-state index contributed by atoms with van der Waals surface area (Å²) in [5.74, 6) is 0. The highest BCUT2D eigenvalue weighted by atomic mass is 35.5. The van der Waals surface area contributed by atoms with Gasteiger partial charge in [0.1, 0.15) is 11.6 Å². The van der Waals surface area contributed by atoms with E-state index in [9.17, 15) is 8.42 Å². The van der Waals surface area contributed by atoms with Crippen molar-refractivity contribution in [2.45, 2.75) is 24.3 Å². The van der Waals surface area contributed by atoms with E-state index in [1.165, 1.54) is 10.4 Å². The molecule has 1 heterocycles. The summed E-state index contributed by atoms with van der Waals surface area (Å²) in [5, 5.41) is 0.232. The predicted octanol–water partition coefficient (Wildman–Crippen LogP) is 2.10. The molecule has 0 saturated carbocycles. The van der Waals surface area contributed by atoms with Crippen molar-refractivity contribution in [3.63, 3.8) is 0 Å². The number of ether oxygens (including phenoxy) is 1. The zero-order valence-corrected chi connectivity index (χ0v) is 11.3. The lowest BCUT2D eigenvalue weighted by Gasteiger charge is -2.28. The van der Waals surface area contributed by atoms with Crippen molar-refractivity contribution < 1.29 is 13.2 Å². The summed E-state index contributed by atoms with van der Waals surface area (Å²) in [6.45, 7) is 4.11. The van der Waals surface area contributed by atoms with Gasteiger partial charge in [0.05, 0.1) is 17.2 Å². The Kier molecular flexibility index (Phi) is 3.20. The minimum atomic E-state index is -3.60. The average Bonchev–Trinajstić information content (AvgIpc) is 2.59. The van der Waals surface area contributed by atoms with E-state index in [4.69, 9.17) is 16.3 Å². The summed E-state index contributed by atoms with van der Waals surface area (Å²) in [4.78, 5) is 0.125. The molecule has 0 N–H and O–H groups in total. The Bertz CT molecular complexity index is 527. The number of sulfonamides is 1. The van der Waals surface area contributed by atoms with Crippen LogP contribution in [0.3, 0.4) is 0 Å². The lowest BCUT2D eigenvalue weighted by atomic mass is 10.1. The molecule has 0 aliphatic carbocycles. The summed E-state index contributed by atoms with van der Waals surface area (Å²) < 4.78 is 31.4. The van der Waals surface area contributed by atoms with Gasteiger partial charge < -0.3 is 4.74 Å². The van der Waals surface area contributed by atoms with Crippen LogP contribution in [0.2, 0.25) is 5.02 Å². The first-order chi connectivity index (χ1) is 7.86. The molecule has 2 rings (SSSR count). The largest absolute Gasteiger partial charge is 0.363 e. The molecule has 1 aromatic carbocycles. The van der Waals surface area contributed by atoms with Gasteiger partial charge in [0.25, 0.3) is 0 Å².